The largest absolute Gasteiger partial charge is 0.392 e. The van der Waals surface area contributed by atoms with Crippen LogP contribution in [0.5, 0.6) is 0 Å². The highest BCUT2D eigenvalue weighted by atomic mass is 32.2. The molecule has 7 nitrogen and oxygen atoms in total. The Morgan fingerprint density at radius 3 is 2.60 bits per heavy atom. The lowest BCUT2D eigenvalue weighted by molar-refractivity contribution is 0.171. The van der Waals surface area contributed by atoms with Gasteiger partial charge in [0.2, 0.25) is 9.47 Å². The van der Waals surface area contributed by atoms with E-state index in [9.17, 15) is 8.42 Å². The molecular weight excluding hydrogens is 240 g/mol. The van der Waals surface area contributed by atoms with E-state index >= 15 is 0 Å². The van der Waals surface area contributed by atoms with Crippen LogP contribution in [0.4, 0.5) is 5.13 Å². The second kappa shape index (κ2) is 4.39. The molecule has 1 atom stereocenters. The molecule has 0 aliphatic heterocycles. The van der Waals surface area contributed by atoms with Crippen LogP contribution in [0.3, 0.4) is 0 Å². The zero-order valence-corrected chi connectivity index (χ0v) is 9.92. The number of nitrogen functional groups attached to an aromatic ring is 1. The standard InChI is InChI=1S/C6H12N4O3S2/c1-4(11)3-10(2)15(12,13)6-9-8-5(7)14-6/h4,11H,3H2,1-2H3,(H2,7,8). The number of aliphatic hydroxyl groups is 1. The van der Waals surface area contributed by atoms with Gasteiger partial charge in [0.25, 0.3) is 10.0 Å². The number of hydrogen-bond donors (Lipinski definition) is 2. The summed E-state index contributed by atoms with van der Waals surface area (Å²) in [6.07, 6.45) is -0.741. The van der Waals surface area contributed by atoms with E-state index in [4.69, 9.17) is 10.8 Å². The van der Waals surface area contributed by atoms with Crippen molar-refractivity contribution in [1.29, 1.82) is 0 Å². The van der Waals surface area contributed by atoms with E-state index in [0.717, 1.165) is 15.6 Å². The maximum atomic E-state index is 11.7. The van der Waals surface area contributed by atoms with E-state index < -0.39 is 16.1 Å². The van der Waals surface area contributed by atoms with E-state index in [-0.39, 0.29) is 16.0 Å². The molecular formula is C6H12N4O3S2. The maximum absolute atomic E-state index is 11.7. The highest BCUT2D eigenvalue weighted by Gasteiger charge is 2.25. The van der Waals surface area contributed by atoms with Crippen LogP contribution in [0.2, 0.25) is 0 Å². The van der Waals surface area contributed by atoms with Crippen LogP contribution in [0.15, 0.2) is 4.34 Å². The fourth-order valence-electron chi connectivity index (χ4n) is 0.928. The second-order valence-electron chi connectivity index (χ2n) is 3.04. The summed E-state index contributed by atoms with van der Waals surface area (Å²) in [6.45, 7) is 1.50. The Bertz CT molecular complexity index is 427. The Labute approximate surface area is 91.6 Å². The van der Waals surface area contributed by atoms with Gasteiger partial charge in [0.15, 0.2) is 0 Å². The molecule has 0 spiro atoms. The highest BCUT2D eigenvalue weighted by Crippen LogP contribution is 2.20. The number of anilines is 1. The van der Waals surface area contributed by atoms with Crippen molar-refractivity contribution in [2.75, 3.05) is 19.3 Å². The van der Waals surface area contributed by atoms with E-state index in [1.165, 1.54) is 14.0 Å². The Morgan fingerprint density at radius 1 is 1.60 bits per heavy atom. The Kier molecular flexibility index (Phi) is 3.60. The van der Waals surface area contributed by atoms with Crippen molar-refractivity contribution in [3.05, 3.63) is 0 Å². The predicted molar refractivity (Wildman–Crippen MR) is 55.8 cm³/mol. The lowest BCUT2D eigenvalue weighted by Gasteiger charge is -2.16. The molecule has 0 aromatic carbocycles. The number of aliphatic hydroxyl groups excluding tert-OH is 1. The number of nitrogens with two attached hydrogens (primary N) is 1. The molecule has 1 aromatic rings. The smallest absolute Gasteiger partial charge is 0.272 e. The molecule has 0 fully saturated rings. The first-order valence-corrected chi connectivity index (χ1v) is 6.33. The number of aromatic nitrogens is 2. The molecule has 15 heavy (non-hydrogen) atoms. The van der Waals surface area contributed by atoms with Crippen molar-refractivity contribution >= 4 is 26.5 Å². The number of rotatable bonds is 4. The van der Waals surface area contributed by atoms with Gasteiger partial charge in [-0.3, -0.25) is 0 Å². The lowest BCUT2D eigenvalue weighted by Crippen LogP contribution is -2.33. The fraction of sp³-hybridized carbons (Fsp3) is 0.667. The Hall–Kier alpha value is -0.770. The van der Waals surface area contributed by atoms with Crippen molar-refractivity contribution in [1.82, 2.24) is 14.5 Å². The van der Waals surface area contributed by atoms with Crippen molar-refractivity contribution in [2.45, 2.75) is 17.4 Å². The molecule has 0 amide bonds. The van der Waals surface area contributed by atoms with Gasteiger partial charge >= 0.3 is 0 Å². The predicted octanol–water partition coefficient (Wildman–Crippen LogP) is -0.878. The maximum Gasteiger partial charge on any atom is 0.272 e. The quantitative estimate of drug-likeness (QED) is 0.720. The van der Waals surface area contributed by atoms with Gasteiger partial charge in [-0.1, -0.05) is 11.3 Å². The molecule has 0 aliphatic rings. The minimum absolute atomic E-state index is 0.00180. The zero-order chi connectivity index (χ0) is 11.6. The van der Waals surface area contributed by atoms with E-state index in [1.807, 2.05) is 0 Å². The Morgan fingerprint density at radius 2 is 2.20 bits per heavy atom. The van der Waals surface area contributed by atoms with Gasteiger partial charge < -0.3 is 10.8 Å². The van der Waals surface area contributed by atoms with Crippen LogP contribution in [0.1, 0.15) is 6.92 Å². The van der Waals surface area contributed by atoms with Crippen molar-refractivity contribution < 1.29 is 13.5 Å². The summed E-state index contributed by atoms with van der Waals surface area (Å²) in [5, 5.41) is 16.0. The monoisotopic (exact) mass is 252 g/mol. The molecule has 3 N–H and O–H groups in total. The van der Waals surface area contributed by atoms with Crippen LogP contribution < -0.4 is 5.73 Å². The van der Waals surface area contributed by atoms with Crippen molar-refractivity contribution in [2.24, 2.45) is 0 Å². The van der Waals surface area contributed by atoms with E-state index in [0.29, 0.717) is 0 Å². The SMILES string of the molecule is CC(O)CN(C)S(=O)(=O)c1nnc(N)s1. The molecule has 1 heterocycles. The van der Waals surface area contributed by atoms with E-state index in [1.54, 1.807) is 0 Å². The fourth-order valence-corrected chi connectivity index (χ4v) is 3.15. The molecule has 86 valence electrons. The average molecular weight is 252 g/mol. The Balaban J connectivity index is 2.93. The molecule has 0 saturated carbocycles. The van der Waals surface area contributed by atoms with Crippen LogP contribution in [0.25, 0.3) is 0 Å². The lowest BCUT2D eigenvalue weighted by atomic mass is 10.4. The number of sulfonamides is 1. The topological polar surface area (TPSA) is 109 Å². The molecule has 0 saturated heterocycles. The van der Waals surface area contributed by atoms with Gasteiger partial charge in [0, 0.05) is 13.6 Å². The van der Waals surface area contributed by atoms with E-state index in [2.05, 4.69) is 10.2 Å². The normalized spacial score (nSPS) is 14.4. The number of likely N-dealkylation sites (N-methyl/N-ethyl adjacent to an activating group) is 1. The van der Waals surface area contributed by atoms with Crippen LogP contribution in [-0.4, -0.2) is 47.7 Å². The van der Waals surface area contributed by atoms with Gasteiger partial charge in [0.1, 0.15) is 0 Å². The zero-order valence-electron chi connectivity index (χ0n) is 8.28. The molecule has 1 rings (SSSR count). The summed E-state index contributed by atoms with van der Waals surface area (Å²) in [4.78, 5) is 0. The third-order valence-corrected chi connectivity index (χ3v) is 4.50. The third kappa shape index (κ3) is 2.84. The first-order valence-electron chi connectivity index (χ1n) is 4.07. The number of nitrogens with zero attached hydrogens (tertiary/aromatic N) is 3. The van der Waals surface area contributed by atoms with Gasteiger partial charge in [0.05, 0.1) is 6.10 Å². The number of hydrogen-bond acceptors (Lipinski definition) is 7. The van der Waals surface area contributed by atoms with Gasteiger partial charge in [-0.05, 0) is 6.92 Å². The van der Waals surface area contributed by atoms with Crippen LogP contribution >= 0.6 is 11.3 Å². The van der Waals surface area contributed by atoms with Crippen LogP contribution in [-0.2, 0) is 10.0 Å². The molecule has 0 radical (unpaired) electrons. The minimum atomic E-state index is -3.67. The molecule has 9 heteroatoms. The molecule has 0 bridgehead atoms. The van der Waals surface area contributed by atoms with Crippen molar-refractivity contribution in [3.8, 4) is 0 Å². The summed E-state index contributed by atoms with van der Waals surface area (Å²) in [5.74, 6) is 0. The average Bonchev–Trinajstić information content (AvgIpc) is 2.50. The molecule has 0 aliphatic carbocycles. The van der Waals surface area contributed by atoms with Gasteiger partial charge in [-0.2, -0.15) is 4.31 Å². The summed E-state index contributed by atoms with van der Waals surface area (Å²) < 4.78 is 24.3. The first-order chi connectivity index (χ1) is 6.84. The summed E-state index contributed by atoms with van der Waals surface area (Å²) in [5.41, 5.74) is 5.29. The minimum Gasteiger partial charge on any atom is -0.392 e. The molecule has 1 aromatic heterocycles. The third-order valence-electron chi connectivity index (χ3n) is 1.57. The van der Waals surface area contributed by atoms with Gasteiger partial charge in [-0.25, -0.2) is 8.42 Å². The highest BCUT2D eigenvalue weighted by molar-refractivity contribution is 7.91. The first kappa shape index (κ1) is 12.3. The summed E-state index contributed by atoms with van der Waals surface area (Å²) in [7, 11) is -2.31. The molecule has 1 unspecified atom stereocenters. The summed E-state index contributed by atoms with van der Waals surface area (Å²) >= 11 is 0.794. The van der Waals surface area contributed by atoms with Crippen molar-refractivity contribution in [3.63, 3.8) is 0 Å². The van der Waals surface area contributed by atoms with Gasteiger partial charge in [-0.15, -0.1) is 10.2 Å². The second-order valence-corrected chi connectivity index (χ2v) is 6.27. The summed E-state index contributed by atoms with van der Waals surface area (Å²) in [6, 6.07) is 0. The van der Waals surface area contributed by atoms with Crippen LogP contribution in [0, 0.1) is 0 Å².